The Bertz CT molecular complexity index is 637. The minimum atomic E-state index is 0.668. The lowest BCUT2D eigenvalue weighted by atomic mass is 9.91. The summed E-state index contributed by atoms with van der Waals surface area (Å²) in [6, 6.07) is 3.63. The predicted octanol–water partition coefficient (Wildman–Crippen LogP) is 1.72. The minimum absolute atomic E-state index is 0.668. The summed E-state index contributed by atoms with van der Waals surface area (Å²) in [6.45, 7) is 3.01. The summed E-state index contributed by atoms with van der Waals surface area (Å²) in [5.74, 6) is 2.42. The maximum atomic E-state index is 4.38. The summed E-state index contributed by atoms with van der Waals surface area (Å²) in [5, 5.41) is 7.82. The van der Waals surface area contributed by atoms with Crippen LogP contribution in [0.5, 0.6) is 0 Å². The molecule has 0 aromatic carbocycles. The van der Waals surface area contributed by atoms with E-state index in [1.807, 2.05) is 13.0 Å². The van der Waals surface area contributed by atoms with Gasteiger partial charge in [-0.3, -0.25) is 0 Å². The first-order valence-electron chi connectivity index (χ1n) is 7.84. The second kappa shape index (κ2) is 4.94. The van der Waals surface area contributed by atoms with E-state index in [2.05, 4.69) is 32.3 Å². The lowest BCUT2D eigenvalue weighted by molar-refractivity contribution is 0.139. The molecule has 2 aliphatic heterocycles. The van der Waals surface area contributed by atoms with Crippen LogP contribution in [0.3, 0.4) is 0 Å². The number of hydrogen-bond acceptors (Lipinski definition) is 5. The Hall–Kier alpha value is -1.69. The van der Waals surface area contributed by atoms with Gasteiger partial charge in [-0.1, -0.05) is 0 Å². The summed E-state index contributed by atoms with van der Waals surface area (Å²) < 4.78 is 1.79. The standard InChI is InChI=1S/C15H22N6/c1-10-5-14(21-15(19-10)17-9-18-21)16-8-11-6-12-3-4-13(7-11)20(12)2/h5,9,11-13,16H,3-4,6-8H2,1-2H3. The molecular weight excluding hydrogens is 264 g/mol. The summed E-state index contributed by atoms with van der Waals surface area (Å²) in [5.41, 5.74) is 0.974. The van der Waals surface area contributed by atoms with E-state index in [-0.39, 0.29) is 0 Å². The molecule has 6 heteroatoms. The van der Waals surface area contributed by atoms with Gasteiger partial charge in [0.1, 0.15) is 12.1 Å². The van der Waals surface area contributed by atoms with E-state index in [0.29, 0.717) is 5.78 Å². The number of nitrogens with zero attached hydrogens (tertiary/aromatic N) is 5. The van der Waals surface area contributed by atoms with Crippen molar-refractivity contribution in [3.05, 3.63) is 18.1 Å². The van der Waals surface area contributed by atoms with Crippen molar-refractivity contribution < 1.29 is 0 Å². The first-order chi connectivity index (χ1) is 10.2. The second-order valence-corrected chi connectivity index (χ2v) is 6.52. The van der Waals surface area contributed by atoms with E-state index in [1.54, 1.807) is 10.8 Å². The third-order valence-corrected chi connectivity index (χ3v) is 5.15. The quantitative estimate of drug-likeness (QED) is 0.931. The highest BCUT2D eigenvalue weighted by molar-refractivity contribution is 5.44. The van der Waals surface area contributed by atoms with Crippen LogP contribution in [-0.2, 0) is 0 Å². The summed E-state index contributed by atoms with van der Waals surface area (Å²) >= 11 is 0. The van der Waals surface area contributed by atoms with Gasteiger partial charge in [0, 0.05) is 30.4 Å². The molecule has 0 aliphatic carbocycles. The highest BCUT2D eigenvalue weighted by Crippen LogP contribution is 2.37. The predicted molar refractivity (Wildman–Crippen MR) is 81.3 cm³/mol. The van der Waals surface area contributed by atoms with Crippen molar-refractivity contribution in [2.75, 3.05) is 18.9 Å². The van der Waals surface area contributed by atoms with Gasteiger partial charge in [0.05, 0.1) is 0 Å². The van der Waals surface area contributed by atoms with Gasteiger partial charge in [0.25, 0.3) is 5.78 Å². The van der Waals surface area contributed by atoms with Crippen molar-refractivity contribution in [1.82, 2.24) is 24.5 Å². The summed E-state index contributed by atoms with van der Waals surface area (Å²) in [6.07, 6.45) is 6.93. The lowest BCUT2D eigenvalue weighted by Gasteiger charge is -2.36. The Labute approximate surface area is 124 Å². The van der Waals surface area contributed by atoms with Crippen LogP contribution in [-0.4, -0.2) is 50.2 Å². The molecule has 2 atom stereocenters. The molecule has 0 amide bonds. The Kier molecular flexibility index (Phi) is 3.06. The summed E-state index contributed by atoms with van der Waals surface area (Å²) in [7, 11) is 2.29. The van der Waals surface area contributed by atoms with Crippen LogP contribution >= 0.6 is 0 Å². The highest BCUT2D eigenvalue weighted by Gasteiger charge is 2.38. The van der Waals surface area contributed by atoms with E-state index in [9.17, 15) is 0 Å². The average Bonchev–Trinajstić information content (AvgIpc) is 2.98. The number of fused-ring (bicyclic) bond motifs is 3. The van der Waals surface area contributed by atoms with Crippen LogP contribution < -0.4 is 5.32 Å². The van der Waals surface area contributed by atoms with Crippen molar-refractivity contribution >= 4 is 11.6 Å². The van der Waals surface area contributed by atoms with E-state index in [0.717, 1.165) is 36.1 Å². The van der Waals surface area contributed by atoms with Crippen molar-refractivity contribution in [2.24, 2.45) is 5.92 Å². The smallest absolute Gasteiger partial charge is 0.254 e. The molecule has 2 aliphatic rings. The Morgan fingerprint density at radius 2 is 2.05 bits per heavy atom. The van der Waals surface area contributed by atoms with Gasteiger partial charge in [-0.25, -0.2) is 4.98 Å². The molecule has 4 rings (SSSR count). The monoisotopic (exact) mass is 286 g/mol. The Morgan fingerprint density at radius 3 is 2.81 bits per heavy atom. The molecule has 4 heterocycles. The van der Waals surface area contributed by atoms with Crippen LogP contribution in [0.2, 0.25) is 0 Å². The number of piperidine rings is 1. The number of aryl methyl sites for hydroxylation is 1. The van der Waals surface area contributed by atoms with Crippen molar-refractivity contribution in [2.45, 2.75) is 44.7 Å². The van der Waals surface area contributed by atoms with Crippen LogP contribution in [0.4, 0.5) is 5.82 Å². The molecule has 112 valence electrons. The SMILES string of the molecule is Cc1cc(NCC2CC3CCC(C2)N3C)n2ncnc2n1. The van der Waals surface area contributed by atoms with Gasteiger partial charge < -0.3 is 10.2 Å². The third kappa shape index (κ3) is 2.27. The maximum absolute atomic E-state index is 4.38. The molecule has 2 saturated heterocycles. The zero-order valence-corrected chi connectivity index (χ0v) is 12.7. The first-order valence-corrected chi connectivity index (χ1v) is 7.84. The van der Waals surface area contributed by atoms with Crippen LogP contribution in [0.25, 0.3) is 5.78 Å². The van der Waals surface area contributed by atoms with E-state index < -0.39 is 0 Å². The zero-order valence-electron chi connectivity index (χ0n) is 12.7. The maximum Gasteiger partial charge on any atom is 0.254 e. The number of anilines is 1. The highest BCUT2D eigenvalue weighted by atomic mass is 15.3. The Morgan fingerprint density at radius 1 is 1.29 bits per heavy atom. The third-order valence-electron chi connectivity index (χ3n) is 5.15. The van der Waals surface area contributed by atoms with E-state index in [1.165, 1.54) is 25.7 Å². The molecule has 2 aromatic heterocycles. The molecule has 0 spiro atoms. The van der Waals surface area contributed by atoms with Crippen molar-refractivity contribution in [3.63, 3.8) is 0 Å². The topological polar surface area (TPSA) is 58.4 Å². The van der Waals surface area contributed by atoms with Gasteiger partial charge in [-0.15, -0.1) is 0 Å². The number of aromatic nitrogens is 4. The summed E-state index contributed by atoms with van der Waals surface area (Å²) in [4.78, 5) is 11.1. The lowest BCUT2D eigenvalue weighted by Crippen LogP contribution is -2.41. The molecule has 2 bridgehead atoms. The molecular formula is C15H22N6. The van der Waals surface area contributed by atoms with Gasteiger partial charge in [0.2, 0.25) is 0 Å². The average molecular weight is 286 g/mol. The first kappa shape index (κ1) is 13.0. The molecule has 6 nitrogen and oxygen atoms in total. The van der Waals surface area contributed by atoms with E-state index >= 15 is 0 Å². The molecule has 2 fully saturated rings. The molecule has 0 radical (unpaired) electrons. The van der Waals surface area contributed by atoms with Crippen LogP contribution in [0.15, 0.2) is 12.4 Å². The van der Waals surface area contributed by atoms with Gasteiger partial charge >= 0.3 is 0 Å². The number of rotatable bonds is 3. The van der Waals surface area contributed by atoms with E-state index in [4.69, 9.17) is 0 Å². The van der Waals surface area contributed by atoms with Gasteiger partial charge in [-0.2, -0.15) is 14.6 Å². The fourth-order valence-electron chi connectivity index (χ4n) is 4.00. The fraction of sp³-hybridized carbons (Fsp3) is 0.667. The second-order valence-electron chi connectivity index (χ2n) is 6.52. The molecule has 1 N–H and O–H groups in total. The van der Waals surface area contributed by atoms with Crippen molar-refractivity contribution in [1.29, 1.82) is 0 Å². The van der Waals surface area contributed by atoms with Crippen LogP contribution in [0, 0.1) is 12.8 Å². The number of nitrogens with one attached hydrogen (secondary N) is 1. The normalized spacial score (nSPS) is 29.1. The van der Waals surface area contributed by atoms with Crippen LogP contribution in [0.1, 0.15) is 31.4 Å². The molecule has 2 unspecified atom stereocenters. The molecule has 0 saturated carbocycles. The minimum Gasteiger partial charge on any atom is -0.370 e. The Balaban J connectivity index is 1.48. The fourth-order valence-corrected chi connectivity index (χ4v) is 4.00. The van der Waals surface area contributed by atoms with Gasteiger partial charge in [0.15, 0.2) is 0 Å². The largest absolute Gasteiger partial charge is 0.370 e. The molecule has 2 aromatic rings. The van der Waals surface area contributed by atoms with Gasteiger partial charge in [-0.05, 0) is 45.6 Å². The zero-order chi connectivity index (χ0) is 14.4. The van der Waals surface area contributed by atoms with Crippen molar-refractivity contribution in [3.8, 4) is 0 Å². The molecule has 21 heavy (non-hydrogen) atoms. The number of hydrogen-bond donors (Lipinski definition) is 1.